The normalized spacial score (nSPS) is 13.0. The van der Waals surface area contributed by atoms with Crippen molar-refractivity contribution in [2.45, 2.75) is 39.7 Å². The van der Waals surface area contributed by atoms with Gasteiger partial charge in [0, 0.05) is 19.3 Å². The zero-order chi connectivity index (χ0) is 12.7. The van der Waals surface area contributed by atoms with E-state index in [0.717, 1.165) is 26.1 Å². The van der Waals surface area contributed by atoms with Gasteiger partial charge in [-0.3, -0.25) is 0 Å². The molecule has 0 heterocycles. The third-order valence-electron chi connectivity index (χ3n) is 2.92. The third-order valence-corrected chi connectivity index (χ3v) is 2.92. The Bertz CT molecular complexity index is 305. The molecule has 1 rings (SSSR count). The number of rotatable bonds is 7. The van der Waals surface area contributed by atoms with Crippen molar-refractivity contribution in [2.75, 3.05) is 13.2 Å². The number of hydrogen-bond acceptors (Lipinski definition) is 2. The molecule has 0 bridgehead atoms. The van der Waals surface area contributed by atoms with Gasteiger partial charge in [0.2, 0.25) is 0 Å². The fourth-order valence-electron chi connectivity index (χ4n) is 1.61. The Morgan fingerprint density at radius 1 is 1.06 bits per heavy atom. The molecule has 2 heteroatoms. The van der Waals surface area contributed by atoms with Gasteiger partial charge in [-0.1, -0.05) is 43.7 Å². The molecule has 0 aliphatic carbocycles. The van der Waals surface area contributed by atoms with Crippen molar-refractivity contribution >= 4 is 0 Å². The Labute approximate surface area is 105 Å². The molecule has 1 aromatic carbocycles. The average Bonchev–Trinajstić information content (AvgIpc) is 2.29. The summed E-state index contributed by atoms with van der Waals surface area (Å²) in [6, 6.07) is 8.51. The quantitative estimate of drug-likeness (QED) is 0.735. The van der Waals surface area contributed by atoms with Crippen molar-refractivity contribution in [3.63, 3.8) is 0 Å². The topological polar surface area (TPSA) is 35.2 Å². The predicted octanol–water partition coefficient (Wildman–Crippen LogP) is 3.45. The van der Waals surface area contributed by atoms with Gasteiger partial charge in [0.05, 0.1) is 0 Å². The van der Waals surface area contributed by atoms with Crippen molar-refractivity contribution in [3.8, 4) is 0 Å². The Balaban J connectivity index is 2.21. The Kier molecular flexibility index (Phi) is 6.23. The standard InChI is InChI=1S/C15H25NO/c1-12(2)8-10-17-11-9-15(16)14-6-4-13(3)5-7-14/h4-7,12,15H,8-11,16H2,1-3H3. The number of hydrogen-bond donors (Lipinski definition) is 1. The predicted molar refractivity (Wildman–Crippen MR) is 73.0 cm³/mol. The molecule has 1 atom stereocenters. The molecule has 0 fully saturated rings. The molecule has 2 nitrogen and oxygen atoms in total. The van der Waals surface area contributed by atoms with E-state index in [4.69, 9.17) is 10.5 Å². The maximum absolute atomic E-state index is 6.11. The van der Waals surface area contributed by atoms with Crippen LogP contribution >= 0.6 is 0 Å². The van der Waals surface area contributed by atoms with Crippen molar-refractivity contribution in [3.05, 3.63) is 35.4 Å². The van der Waals surface area contributed by atoms with E-state index in [1.54, 1.807) is 0 Å². The summed E-state index contributed by atoms with van der Waals surface area (Å²) in [5.41, 5.74) is 8.58. The minimum atomic E-state index is 0.0923. The summed E-state index contributed by atoms with van der Waals surface area (Å²) in [6.07, 6.45) is 2.01. The average molecular weight is 235 g/mol. The summed E-state index contributed by atoms with van der Waals surface area (Å²) >= 11 is 0. The van der Waals surface area contributed by atoms with Gasteiger partial charge in [0.25, 0.3) is 0 Å². The van der Waals surface area contributed by atoms with Crippen LogP contribution < -0.4 is 5.73 Å². The van der Waals surface area contributed by atoms with Crippen LogP contribution in [0.15, 0.2) is 24.3 Å². The van der Waals surface area contributed by atoms with Gasteiger partial charge >= 0.3 is 0 Å². The molecule has 0 spiro atoms. The van der Waals surface area contributed by atoms with E-state index in [-0.39, 0.29) is 6.04 Å². The number of aryl methyl sites for hydroxylation is 1. The van der Waals surface area contributed by atoms with Gasteiger partial charge in [-0.2, -0.15) is 0 Å². The van der Waals surface area contributed by atoms with Gasteiger partial charge in [-0.05, 0) is 31.2 Å². The lowest BCUT2D eigenvalue weighted by molar-refractivity contribution is 0.117. The molecule has 2 N–H and O–H groups in total. The molecule has 0 aliphatic heterocycles. The zero-order valence-corrected chi connectivity index (χ0v) is 11.3. The monoisotopic (exact) mass is 235 g/mol. The van der Waals surface area contributed by atoms with Crippen molar-refractivity contribution in [1.82, 2.24) is 0 Å². The third kappa shape index (κ3) is 5.85. The highest BCUT2D eigenvalue weighted by atomic mass is 16.5. The Morgan fingerprint density at radius 3 is 2.24 bits per heavy atom. The van der Waals surface area contributed by atoms with Crippen molar-refractivity contribution < 1.29 is 4.74 Å². The van der Waals surface area contributed by atoms with Crippen molar-refractivity contribution in [2.24, 2.45) is 11.7 Å². The second kappa shape index (κ2) is 7.46. The molecule has 1 aromatic rings. The number of nitrogens with two attached hydrogens (primary N) is 1. The van der Waals surface area contributed by atoms with E-state index in [1.807, 2.05) is 0 Å². The van der Waals surface area contributed by atoms with Gasteiger partial charge in [-0.15, -0.1) is 0 Å². The zero-order valence-electron chi connectivity index (χ0n) is 11.3. The molecule has 0 aliphatic rings. The van der Waals surface area contributed by atoms with Crippen LogP contribution in [0.1, 0.15) is 43.9 Å². The summed E-state index contributed by atoms with van der Waals surface area (Å²) in [6.45, 7) is 8.10. The van der Waals surface area contributed by atoms with Crippen LogP contribution in [0.2, 0.25) is 0 Å². The first-order valence-corrected chi connectivity index (χ1v) is 6.49. The molecule has 1 unspecified atom stereocenters. The minimum Gasteiger partial charge on any atom is -0.381 e. The highest BCUT2D eigenvalue weighted by Gasteiger charge is 2.05. The first-order valence-electron chi connectivity index (χ1n) is 6.49. The van der Waals surface area contributed by atoms with Gasteiger partial charge in [0.15, 0.2) is 0 Å². The minimum absolute atomic E-state index is 0.0923. The summed E-state index contributed by atoms with van der Waals surface area (Å²) in [5, 5.41) is 0. The van der Waals surface area contributed by atoms with E-state index in [2.05, 4.69) is 45.0 Å². The number of ether oxygens (including phenoxy) is 1. The highest BCUT2D eigenvalue weighted by molar-refractivity contribution is 5.23. The lowest BCUT2D eigenvalue weighted by Crippen LogP contribution is -2.13. The lowest BCUT2D eigenvalue weighted by atomic mass is 10.0. The van der Waals surface area contributed by atoms with Crippen LogP contribution in [0.5, 0.6) is 0 Å². The fourth-order valence-corrected chi connectivity index (χ4v) is 1.61. The largest absolute Gasteiger partial charge is 0.381 e. The van der Waals surface area contributed by atoms with Crippen LogP contribution in [-0.2, 0) is 4.74 Å². The maximum atomic E-state index is 6.11. The van der Waals surface area contributed by atoms with Crippen molar-refractivity contribution in [1.29, 1.82) is 0 Å². The second-order valence-corrected chi connectivity index (χ2v) is 5.10. The summed E-state index contributed by atoms with van der Waals surface area (Å²) in [5.74, 6) is 0.709. The molecule has 0 saturated carbocycles. The number of benzene rings is 1. The second-order valence-electron chi connectivity index (χ2n) is 5.10. The SMILES string of the molecule is Cc1ccc(C(N)CCOCCC(C)C)cc1. The Morgan fingerprint density at radius 2 is 1.65 bits per heavy atom. The summed E-state index contributed by atoms with van der Waals surface area (Å²) in [7, 11) is 0. The molecule has 0 saturated heterocycles. The smallest absolute Gasteiger partial charge is 0.0484 e. The van der Waals surface area contributed by atoms with Crippen LogP contribution in [0.3, 0.4) is 0 Å². The summed E-state index contributed by atoms with van der Waals surface area (Å²) < 4.78 is 5.58. The Hall–Kier alpha value is -0.860. The van der Waals surface area contributed by atoms with Crippen LogP contribution in [0.25, 0.3) is 0 Å². The molecule has 0 amide bonds. The summed E-state index contributed by atoms with van der Waals surface area (Å²) in [4.78, 5) is 0. The van der Waals surface area contributed by atoms with Crippen LogP contribution in [-0.4, -0.2) is 13.2 Å². The van der Waals surface area contributed by atoms with Gasteiger partial charge in [-0.25, -0.2) is 0 Å². The fraction of sp³-hybridized carbons (Fsp3) is 0.600. The molecule has 0 radical (unpaired) electrons. The van der Waals surface area contributed by atoms with Gasteiger partial charge < -0.3 is 10.5 Å². The van der Waals surface area contributed by atoms with Crippen LogP contribution in [0, 0.1) is 12.8 Å². The molecule has 0 aromatic heterocycles. The molecule has 17 heavy (non-hydrogen) atoms. The van der Waals surface area contributed by atoms with E-state index in [1.165, 1.54) is 11.1 Å². The maximum Gasteiger partial charge on any atom is 0.0484 e. The van der Waals surface area contributed by atoms with Crippen LogP contribution in [0.4, 0.5) is 0 Å². The van der Waals surface area contributed by atoms with E-state index < -0.39 is 0 Å². The first kappa shape index (κ1) is 14.2. The van der Waals surface area contributed by atoms with E-state index in [0.29, 0.717) is 5.92 Å². The van der Waals surface area contributed by atoms with E-state index >= 15 is 0 Å². The molecular weight excluding hydrogens is 210 g/mol. The first-order chi connectivity index (χ1) is 8.09. The van der Waals surface area contributed by atoms with Gasteiger partial charge in [0.1, 0.15) is 0 Å². The lowest BCUT2D eigenvalue weighted by Gasteiger charge is -2.13. The van der Waals surface area contributed by atoms with E-state index in [9.17, 15) is 0 Å². The highest BCUT2D eigenvalue weighted by Crippen LogP contribution is 2.14. The molecular formula is C15H25NO. The molecule has 96 valence electrons.